The topological polar surface area (TPSA) is 76.6 Å². The maximum atomic E-state index is 12.6. The number of nitrogens with one attached hydrogen (secondary N) is 2. The average molecular weight is 389 g/mol. The number of nitrogens with zero attached hydrogens (tertiary/aromatic N) is 4. The Hall–Kier alpha value is -2.54. The number of hydrogen-bond acceptors (Lipinski definition) is 3. The number of carbonyl (C=O) groups excluding carboxylic acids is 1. The Morgan fingerprint density at radius 2 is 2.04 bits per heavy atom. The zero-order valence-corrected chi connectivity index (χ0v) is 16.5. The van der Waals surface area contributed by atoms with Crippen LogP contribution in [0.2, 0.25) is 5.02 Å². The molecule has 0 bridgehead atoms. The highest BCUT2D eigenvalue weighted by atomic mass is 35.5. The third-order valence-electron chi connectivity index (χ3n) is 4.76. The van der Waals surface area contributed by atoms with Gasteiger partial charge in [0.1, 0.15) is 0 Å². The second kappa shape index (κ2) is 8.90. The fourth-order valence-electron chi connectivity index (χ4n) is 3.16. The number of aromatic amines is 1. The lowest BCUT2D eigenvalue weighted by molar-refractivity contribution is -0.131. The normalized spacial score (nSPS) is 15.1. The van der Waals surface area contributed by atoms with Gasteiger partial charge in [-0.05, 0) is 24.6 Å². The van der Waals surface area contributed by atoms with Gasteiger partial charge in [-0.3, -0.25) is 14.9 Å². The molecule has 1 aromatic carbocycles. The van der Waals surface area contributed by atoms with Gasteiger partial charge in [0, 0.05) is 56.1 Å². The predicted molar refractivity (Wildman–Crippen MR) is 107 cm³/mol. The molecule has 2 N–H and O–H groups in total. The molecular weight excluding hydrogens is 364 g/mol. The van der Waals surface area contributed by atoms with Crippen molar-refractivity contribution >= 4 is 23.5 Å². The van der Waals surface area contributed by atoms with Crippen molar-refractivity contribution in [1.82, 2.24) is 25.3 Å². The number of guanidine groups is 1. The Morgan fingerprint density at radius 1 is 1.30 bits per heavy atom. The molecular formula is C19H25ClN6O. The van der Waals surface area contributed by atoms with Gasteiger partial charge in [-0.2, -0.15) is 5.10 Å². The summed E-state index contributed by atoms with van der Waals surface area (Å²) in [5.41, 5.74) is 3.11. The Balaban J connectivity index is 1.49. The lowest BCUT2D eigenvalue weighted by Gasteiger charge is -2.36. The van der Waals surface area contributed by atoms with E-state index >= 15 is 0 Å². The number of rotatable bonds is 4. The summed E-state index contributed by atoms with van der Waals surface area (Å²) >= 11 is 6.00. The summed E-state index contributed by atoms with van der Waals surface area (Å²) in [5, 5.41) is 11.0. The molecule has 144 valence electrons. The molecule has 0 unspecified atom stereocenters. The van der Waals surface area contributed by atoms with Gasteiger partial charge >= 0.3 is 0 Å². The molecule has 7 nitrogen and oxygen atoms in total. The van der Waals surface area contributed by atoms with E-state index in [0.717, 1.165) is 35.9 Å². The summed E-state index contributed by atoms with van der Waals surface area (Å²) in [6.07, 6.45) is 2.20. The highest BCUT2D eigenvalue weighted by molar-refractivity contribution is 6.30. The minimum atomic E-state index is 0.133. The average Bonchev–Trinajstić information content (AvgIpc) is 3.08. The number of piperazine rings is 1. The Labute approximate surface area is 164 Å². The SMILES string of the molecule is CN=C(NCc1cn[nH]c1C)N1CCN(C(=O)Cc2cccc(Cl)c2)CC1. The highest BCUT2D eigenvalue weighted by Gasteiger charge is 2.23. The van der Waals surface area contributed by atoms with Crippen LogP contribution in [-0.4, -0.2) is 65.1 Å². The lowest BCUT2D eigenvalue weighted by Crippen LogP contribution is -2.53. The van der Waals surface area contributed by atoms with Crippen molar-refractivity contribution in [2.75, 3.05) is 33.2 Å². The van der Waals surface area contributed by atoms with E-state index < -0.39 is 0 Å². The molecule has 2 heterocycles. The molecule has 1 saturated heterocycles. The first-order valence-corrected chi connectivity index (χ1v) is 9.41. The first-order chi connectivity index (χ1) is 13.1. The number of aliphatic imine (C=N–C) groups is 1. The smallest absolute Gasteiger partial charge is 0.227 e. The fourth-order valence-corrected chi connectivity index (χ4v) is 3.37. The second-order valence-corrected chi connectivity index (χ2v) is 7.03. The number of halogens is 1. The molecule has 0 radical (unpaired) electrons. The van der Waals surface area contributed by atoms with E-state index in [1.807, 2.05) is 42.3 Å². The summed E-state index contributed by atoms with van der Waals surface area (Å²) in [7, 11) is 1.78. The van der Waals surface area contributed by atoms with Crippen LogP contribution < -0.4 is 5.32 Å². The van der Waals surface area contributed by atoms with E-state index in [1.165, 1.54) is 0 Å². The van der Waals surface area contributed by atoms with Crippen molar-refractivity contribution < 1.29 is 4.79 Å². The van der Waals surface area contributed by atoms with E-state index in [-0.39, 0.29) is 5.91 Å². The molecule has 0 atom stereocenters. The molecule has 1 amide bonds. The van der Waals surface area contributed by atoms with Crippen LogP contribution in [0.15, 0.2) is 35.5 Å². The first-order valence-electron chi connectivity index (χ1n) is 9.03. The number of benzene rings is 1. The maximum absolute atomic E-state index is 12.6. The maximum Gasteiger partial charge on any atom is 0.227 e. The van der Waals surface area contributed by atoms with Crippen molar-refractivity contribution in [1.29, 1.82) is 0 Å². The van der Waals surface area contributed by atoms with E-state index in [0.29, 0.717) is 31.1 Å². The molecule has 1 fully saturated rings. The van der Waals surface area contributed by atoms with Crippen molar-refractivity contribution in [2.24, 2.45) is 4.99 Å². The Bertz CT molecular complexity index is 810. The monoisotopic (exact) mass is 388 g/mol. The molecule has 0 spiro atoms. The van der Waals surface area contributed by atoms with Gasteiger partial charge in [-0.25, -0.2) is 0 Å². The zero-order valence-electron chi connectivity index (χ0n) is 15.7. The van der Waals surface area contributed by atoms with Gasteiger partial charge in [-0.1, -0.05) is 23.7 Å². The number of hydrogen-bond donors (Lipinski definition) is 2. The van der Waals surface area contributed by atoms with Gasteiger partial charge in [0.25, 0.3) is 0 Å². The molecule has 27 heavy (non-hydrogen) atoms. The van der Waals surface area contributed by atoms with E-state index in [2.05, 4.69) is 25.4 Å². The minimum Gasteiger partial charge on any atom is -0.352 e. The lowest BCUT2D eigenvalue weighted by atomic mass is 10.1. The van der Waals surface area contributed by atoms with Crippen LogP contribution in [0.25, 0.3) is 0 Å². The fraction of sp³-hybridized carbons (Fsp3) is 0.421. The molecule has 3 rings (SSSR count). The third-order valence-corrected chi connectivity index (χ3v) is 4.99. The number of carbonyl (C=O) groups is 1. The number of amides is 1. The van der Waals surface area contributed by atoms with Crippen LogP contribution in [0.5, 0.6) is 0 Å². The van der Waals surface area contributed by atoms with Crippen LogP contribution in [0.1, 0.15) is 16.8 Å². The molecule has 1 aliphatic rings. The summed E-state index contributed by atoms with van der Waals surface area (Å²) in [4.78, 5) is 21.0. The van der Waals surface area contributed by atoms with Crippen LogP contribution >= 0.6 is 11.6 Å². The van der Waals surface area contributed by atoms with E-state index in [1.54, 1.807) is 7.05 Å². The van der Waals surface area contributed by atoms with Gasteiger partial charge in [0.05, 0.1) is 12.6 Å². The Kier molecular flexibility index (Phi) is 6.34. The van der Waals surface area contributed by atoms with Gasteiger partial charge < -0.3 is 15.1 Å². The molecule has 0 aliphatic carbocycles. The van der Waals surface area contributed by atoms with Crippen LogP contribution in [0.3, 0.4) is 0 Å². The van der Waals surface area contributed by atoms with E-state index in [9.17, 15) is 4.79 Å². The summed E-state index contributed by atoms with van der Waals surface area (Å²) in [6, 6.07) is 7.47. The molecule has 0 saturated carbocycles. The van der Waals surface area contributed by atoms with Crippen LogP contribution in [0, 0.1) is 6.92 Å². The zero-order chi connectivity index (χ0) is 19.2. The minimum absolute atomic E-state index is 0.133. The van der Waals surface area contributed by atoms with Gasteiger partial charge in [-0.15, -0.1) is 0 Å². The third kappa shape index (κ3) is 5.01. The van der Waals surface area contributed by atoms with Crippen LogP contribution in [0.4, 0.5) is 0 Å². The molecule has 8 heteroatoms. The number of aromatic nitrogens is 2. The predicted octanol–water partition coefficient (Wildman–Crippen LogP) is 1.83. The summed E-state index contributed by atoms with van der Waals surface area (Å²) in [6.45, 7) is 5.55. The van der Waals surface area contributed by atoms with Crippen LogP contribution in [-0.2, 0) is 17.8 Å². The summed E-state index contributed by atoms with van der Waals surface area (Å²) in [5.74, 6) is 0.978. The Morgan fingerprint density at radius 3 is 2.67 bits per heavy atom. The number of H-pyrrole nitrogens is 1. The van der Waals surface area contributed by atoms with Crippen molar-refractivity contribution in [3.05, 3.63) is 52.3 Å². The van der Waals surface area contributed by atoms with Crippen molar-refractivity contribution in [3.63, 3.8) is 0 Å². The quantitative estimate of drug-likeness (QED) is 0.619. The number of aryl methyl sites for hydroxylation is 1. The highest BCUT2D eigenvalue weighted by Crippen LogP contribution is 2.13. The van der Waals surface area contributed by atoms with Crippen molar-refractivity contribution in [2.45, 2.75) is 19.9 Å². The largest absolute Gasteiger partial charge is 0.352 e. The summed E-state index contributed by atoms with van der Waals surface area (Å²) < 4.78 is 0. The standard InChI is InChI=1S/C19H25ClN6O/c1-14-16(13-23-24-14)12-22-19(21-2)26-8-6-25(7-9-26)18(27)11-15-4-3-5-17(20)10-15/h3-5,10,13H,6-9,11-12H2,1-2H3,(H,21,22)(H,23,24). The molecule has 2 aromatic rings. The van der Waals surface area contributed by atoms with Gasteiger partial charge in [0.2, 0.25) is 5.91 Å². The molecule has 1 aliphatic heterocycles. The second-order valence-electron chi connectivity index (χ2n) is 6.60. The first kappa shape index (κ1) is 19.2. The van der Waals surface area contributed by atoms with Crippen molar-refractivity contribution in [3.8, 4) is 0 Å². The van der Waals surface area contributed by atoms with E-state index in [4.69, 9.17) is 11.6 Å². The van der Waals surface area contributed by atoms with Gasteiger partial charge in [0.15, 0.2) is 5.96 Å². The molecule has 1 aromatic heterocycles.